The van der Waals surface area contributed by atoms with Crippen molar-refractivity contribution in [1.29, 1.82) is 0 Å². The molecule has 1 aromatic heterocycles. The molecular formula is C16H19BrN2O. The summed E-state index contributed by atoms with van der Waals surface area (Å²) in [7, 11) is 1.72. The highest BCUT2D eigenvalue weighted by atomic mass is 79.9. The lowest BCUT2D eigenvalue weighted by Gasteiger charge is -2.35. The summed E-state index contributed by atoms with van der Waals surface area (Å²) in [4.78, 5) is 7.63. The van der Waals surface area contributed by atoms with Crippen LogP contribution in [-0.4, -0.2) is 30.0 Å². The molecule has 0 amide bonds. The number of hydrogen-bond acceptors (Lipinski definition) is 3. The summed E-state index contributed by atoms with van der Waals surface area (Å²) in [5.41, 5.74) is 0. The van der Waals surface area contributed by atoms with Crippen molar-refractivity contribution in [2.45, 2.75) is 18.2 Å². The highest BCUT2D eigenvalue weighted by Crippen LogP contribution is 2.33. The Labute approximate surface area is 128 Å². The van der Waals surface area contributed by atoms with E-state index in [0.29, 0.717) is 10.7 Å². The molecule has 1 fully saturated rings. The molecule has 2 heterocycles. The Hall–Kier alpha value is -1.29. The van der Waals surface area contributed by atoms with Crippen LogP contribution in [-0.2, 0) is 0 Å². The molecule has 0 aliphatic carbocycles. The number of piperidine rings is 1. The van der Waals surface area contributed by atoms with E-state index in [9.17, 15) is 0 Å². The van der Waals surface area contributed by atoms with Crippen molar-refractivity contribution in [1.82, 2.24) is 4.98 Å². The van der Waals surface area contributed by atoms with E-state index in [2.05, 4.69) is 38.8 Å². The lowest BCUT2D eigenvalue weighted by molar-refractivity contribution is 0.419. The number of methoxy groups -OCH3 is 1. The Balaban J connectivity index is 2.04. The maximum Gasteiger partial charge on any atom is 0.136 e. The first-order valence-electron chi connectivity index (χ1n) is 7.01. The SMILES string of the molecule is COc1cccc2c(N3CCC(Br)C(C)C3)nccc12. The third-order valence-electron chi connectivity index (χ3n) is 4.07. The number of pyridine rings is 1. The summed E-state index contributed by atoms with van der Waals surface area (Å²) in [5.74, 6) is 2.62. The van der Waals surface area contributed by atoms with E-state index < -0.39 is 0 Å². The predicted octanol–water partition coefficient (Wildman–Crippen LogP) is 3.85. The van der Waals surface area contributed by atoms with Gasteiger partial charge in [0.15, 0.2) is 0 Å². The van der Waals surface area contributed by atoms with Crippen molar-refractivity contribution in [2.75, 3.05) is 25.1 Å². The molecule has 0 saturated carbocycles. The Morgan fingerprint density at radius 3 is 2.90 bits per heavy atom. The number of ether oxygens (including phenoxy) is 1. The number of hydrogen-bond donors (Lipinski definition) is 0. The van der Waals surface area contributed by atoms with Crippen molar-refractivity contribution < 1.29 is 4.74 Å². The molecule has 1 saturated heterocycles. The molecule has 0 radical (unpaired) electrons. The van der Waals surface area contributed by atoms with Crippen molar-refractivity contribution >= 4 is 32.5 Å². The molecule has 4 heteroatoms. The van der Waals surface area contributed by atoms with E-state index in [0.717, 1.165) is 36.5 Å². The number of nitrogens with zero attached hydrogens (tertiary/aromatic N) is 2. The molecule has 0 spiro atoms. The molecule has 0 bridgehead atoms. The average molecular weight is 335 g/mol. The van der Waals surface area contributed by atoms with Gasteiger partial charge in [0.2, 0.25) is 0 Å². The fraction of sp³-hybridized carbons (Fsp3) is 0.438. The molecular weight excluding hydrogens is 316 g/mol. The van der Waals surface area contributed by atoms with Gasteiger partial charge in [0.1, 0.15) is 11.6 Å². The van der Waals surface area contributed by atoms with Crippen LogP contribution in [0.25, 0.3) is 10.8 Å². The van der Waals surface area contributed by atoms with Crippen molar-refractivity contribution in [2.24, 2.45) is 5.92 Å². The van der Waals surface area contributed by atoms with E-state index >= 15 is 0 Å². The first-order chi connectivity index (χ1) is 9.70. The fourth-order valence-corrected chi connectivity index (χ4v) is 3.27. The van der Waals surface area contributed by atoms with Crippen LogP contribution in [0, 0.1) is 5.92 Å². The molecule has 3 nitrogen and oxygen atoms in total. The summed E-state index contributed by atoms with van der Waals surface area (Å²) in [5, 5.41) is 2.31. The second-order valence-corrected chi connectivity index (χ2v) is 6.59. The van der Waals surface area contributed by atoms with Gasteiger partial charge in [-0.3, -0.25) is 0 Å². The zero-order valence-electron chi connectivity index (χ0n) is 11.8. The van der Waals surface area contributed by atoms with Crippen molar-refractivity contribution in [3.05, 3.63) is 30.5 Å². The van der Waals surface area contributed by atoms with Crippen molar-refractivity contribution in [3.63, 3.8) is 0 Å². The number of anilines is 1. The van der Waals surface area contributed by atoms with Crippen LogP contribution < -0.4 is 9.64 Å². The van der Waals surface area contributed by atoms with Crippen LogP contribution in [0.5, 0.6) is 5.75 Å². The summed E-state index contributed by atoms with van der Waals surface area (Å²) in [6.45, 7) is 4.38. The van der Waals surface area contributed by atoms with Gasteiger partial charge in [0.05, 0.1) is 7.11 Å². The lowest BCUT2D eigenvalue weighted by atomic mass is 9.99. The topological polar surface area (TPSA) is 25.4 Å². The quantitative estimate of drug-likeness (QED) is 0.780. The minimum Gasteiger partial charge on any atom is -0.496 e. The Kier molecular flexibility index (Phi) is 3.83. The Morgan fingerprint density at radius 1 is 1.30 bits per heavy atom. The molecule has 20 heavy (non-hydrogen) atoms. The molecule has 1 aromatic carbocycles. The van der Waals surface area contributed by atoms with Crippen LogP contribution in [0.1, 0.15) is 13.3 Å². The molecule has 0 N–H and O–H groups in total. The number of benzene rings is 1. The monoisotopic (exact) mass is 334 g/mol. The minimum absolute atomic E-state index is 0.614. The number of fused-ring (bicyclic) bond motifs is 1. The second-order valence-electron chi connectivity index (χ2n) is 5.42. The van der Waals surface area contributed by atoms with Gasteiger partial charge in [-0.2, -0.15) is 0 Å². The second kappa shape index (κ2) is 5.60. The van der Waals surface area contributed by atoms with Gasteiger partial charge < -0.3 is 9.64 Å². The summed E-state index contributed by atoms with van der Waals surface area (Å²) in [6.07, 6.45) is 3.04. The van der Waals surface area contributed by atoms with Crippen LogP contribution in [0.15, 0.2) is 30.5 Å². The fourth-order valence-electron chi connectivity index (χ4n) is 2.90. The summed E-state index contributed by atoms with van der Waals surface area (Å²) in [6, 6.07) is 8.19. The number of alkyl halides is 1. The predicted molar refractivity (Wildman–Crippen MR) is 87.0 cm³/mol. The normalized spacial score (nSPS) is 23.1. The molecule has 1 aliphatic heterocycles. The van der Waals surface area contributed by atoms with Gasteiger partial charge in [-0.05, 0) is 24.5 Å². The zero-order chi connectivity index (χ0) is 14.1. The van der Waals surface area contributed by atoms with E-state index in [1.165, 1.54) is 5.39 Å². The summed E-state index contributed by atoms with van der Waals surface area (Å²) >= 11 is 3.76. The Bertz CT molecular complexity index is 616. The third-order valence-corrected chi connectivity index (χ3v) is 5.43. The number of rotatable bonds is 2. The highest BCUT2D eigenvalue weighted by molar-refractivity contribution is 9.09. The van der Waals surface area contributed by atoms with Gasteiger partial charge in [-0.25, -0.2) is 4.98 Å². The molecule has 2 unspecified atom stereocenters. The van der Waals surface area contributed by atoms with E-state index in [1.807, 2.05) is 24.4 Å². The first kappa shape index (κ1) is 13.7. The highest BCUT2D eigenvalue weighted by Gasteiger charge is 2.25. The van der Waals surface area contributed by atoms with E-state index in [-0.39, 0.29) is 0 Å². The summed E-state index contributed by atoms with van der Waals surface area (Å²) < 4.78 is 5.45. The van der Waals surface area contributed by atoms with Gasteiger partial charge in [0.25, 0.3) is 0 Å². The molecule has 2 aromatic rings. The van der Waals surface area contributed by atoms with Crippen LogP contribution in [0.4, 0.5) is 5.82 Å². The average Bonchev–Trinajstić information content (AvgIpc) is 2.49. The molecule has 1 aliphatic rings. The van der Waals surface area contributed by atoms with Crippen molar-refractivity contribution in [3.8, 4) is 5.75 Å². The third kappa shape index (κ3) is 2.37. The maximum absolute atomic E-state index is 5.45. The first-order valence-corrected chi connectivity index (χ1v) is 7.93. The van der Waals surface area contributed by atoms with Crippen LogP contribution >= 0.6 is 15.9 Å². The maximum atomic E-state index is 5.45. The lowest BCUT2D eigenvalue weighted by Crippen LogP contribution is -2.40. The van der Waals surface area contributed by atoms with E-state index in [4.69, 9.17) is 4.74 Å². The minimum atomic E-state index is 0.614. The molecule has 2 atom stereocenters. The molecule has 106 valence electrons. The van der Waals surface area contributed by atoms with Gasteiger partial charge in [-0.1, -0.05) is 35.0 Å². The van der Waals surface area contributed by atoms with Gasteiger partial charge in [-0.15, -0.1) is 0 Å². The van der Waals surface area contributed by atoms with Gasteiger partial charge in [0, 0.05) is 34.9 Å². The van der Waals surface area contributed by atoms with Crippen LogP contribution in [0.3, 0.4) is 0 Å². The van der Waals surface area contributed by atoms with Crippen LogP contribution in [0.2, 0.25) is 0 Å². The van der Waals surface area contributed by atoms with E-state index in [1.54, 1.807) is 7.11 Å². The number of aromatic nitrogens is 1. The molecule has 3 rings (SSSR count). The standard InChI is InChI=1S/C16H19BrN2O/c1-11-10-19(9-7-14(11)17)16-13-4-3-5-15(20-2)12(13)6-8-18-16/h3-6,8,11,14H,7,9-10H2,1-2H3. The smallest absolute Gasteiger partial charge is 0.136 e. The Morgan fingerprint density at radius 2 is 2.15 bits per heavy atom. The van der Waals surface area contributed by atoms with Gasteiger partial charge >= 0.3 is 0 Å². The zero-order valence-corrected chi connectivity index (χ0v) is 13.4. The number of halogens is 1. The largest absolute Gasteiger partial charge is 0.496 e.